The van der Waals surface area contributed by atoms with Crippen molar-refractivity contribution < 1.29 is 4.79 Å². The fourth-order valence-corrected chi connectivity index (χ4v) is 2.47. The minimum atomic E-state index is -0.216. The second-order valence-corrected chi connectivity index (χ2v) is 5.45. The first-order valence-corrected chi connectivity index (χ1v) is 7.14. The number of carbonyl (C=O) groups excluding carboxylic acids is 1. The fraction of sp³-hybridized carbons (Fsp3) is 0.385. The van der Waals surface area contributed by atoms with E-state index < -0.39 is 0 Å². The second kappa shape index (κ2) is 5.96. The molecule has 2 heterocycles. The van der Waals surface area contributed by atoms with Crippen LogP contribution < -0.4 is 5.32 Å². The molecular weight excluding hydrogens is 274 g/mol. The molecule has 0 aliphatic rings. The van der Waals surface area contributed by atoms with Crippen molar-refractivity contribution in [3.8, 4) is 0 Å². The summed E-state index contributed by atoms with van der Waals surface area (Å²) in [6, 6.07) is 0. The number of carbonyl (C=O) groups is 1. The fourth-order valence-electron chi connectivity index (χ4n) is 1.78. The third-order valence-electron chi connectivity index (χ3n) is 2.97. The summed E-state index contributed by atoms with van der Waals surface area (Å²) in [5.41, 5.74) is 2.89. The van der Waals surface area contributed by atoms with Gasteiger partial charge in [-0.3, -0.25) is 14.8 Å². The molecule has 2 aromatic rings. The first-order valence-electron chi connectivity index (χ1n) is 6.33. The molecule has 106 valence electrons. The largest absolute Gasteiger partial charge is 0.297 e. The average molecular weight is 291 g/mol. The molecule has 6 nitrogen and oxygen atoms in total. The molecule has 0 fully saturated rings. The van der Waals surface area contributed by atoms with E-state index >= 15 is 0 Å². The van der Waals surface area contributed by atoms with Crippen LogP contribution in [0.2, 0.25) is 0 Å². The molecule has 20 heavy (non-hydrogen) atoms. The summed E-state index contributed by atoms with van der Waals surface area (Å²) in [5, 5.41) is 16.3. The molecule has 1 N–H and O–H groups in total. The normalized spacial score (nSPS) is 11.2. The van der Waals surface area contributed by atoms with Crippen molar-refractivity contribution >= 4 is 28.5 Å². The van der Waals surface area contributed by atoms with Gasteiger partial charge in [0.25, 0.3) is 0 Å². The van der Waals surface area contributed by atoms with Crippen molar-refractivity contribution in [3.63, 3.8) is 0 Å². The average Bonchev–Trinajstić information content (AvgIpc) is 2.94. The molecule has 0 aliphatic heterocycles. The first kappa shape index (κ1) is 14.4. The number of hydrogen-bond donors (Lipinski definition) is 1. The molecule has 0 bridgehead atoms. The molecule has 2 aromatic heterocycles. The Morgan fingerprint density at radius 1 is 1.40 bits per heavy atom. The summed E-state index contributed by atoms with van der Waals surface area (Å²) >= 11 is 1.39. The van der Waals surface area contributed by atoms with Gasteiger partial charge in [-0.15, -0.1) is 10.2 Å². The zero-order valence-corrected chi connectivity index (χ0v) is 12.8. The number of amides is 1. The van der Waals surface area contributed by atoms with E-state index in [9.17, 15) is 4.79 Å². The summed E-state index contributed by atoms with van der Waals surface area (Å²) in [4.78, 5) is 11.8. The lowest BCUT2D eigenvalue weighted by Crippen LogP contribution is -2.07. The van der Waals surface area contributed by atoms with Crippen LogP contribution in [0, 0.1) is 13.8 Å². The zero-order valence-electron chi connectivity index (χ0n) is 12.0. The van der Waals surface area contributed by atoms with Gasteiger partial charge in [0.2, 0.25) is 11.0 Å². The van der Waals surface area contributed by atoms with Gasteiger partial charge in [0.05, 0.1) is 5.69 Å². The molecule has 7 heteroatoms. The molecule has 0 aromatic carbocycles. The van der Waals surface area contributed by atoms with Gasteiger partial charge >= 0.3 is 0 Å². The molecule has 0 saturated heterocycles. The highest BCUT2D eigenvalue weighted by Gasteiger charge is 2.08. The summed E-state index contributed by atoms with van der Waals surface area (Å²) in [7, 11) is 1.88. The summed E-state index contributed by atoms with van der Waals surface area (Å²) < 4.78 is 1.80. The lowest BCUT2D eigenvalue weighted by Gasteiger charge is -1.96. The van der Waals surface area contributed by atoms with Crippen LogP contribution in [0.5, 0.6) is 0 Å². The molecule has 0 saturated carbocycles. The van der Waals surface area contributed by atoms with Crippen LogP contribution in [0.3, 0.4) is 0 Å². The van der Waals surface area contributed by atoms with Crippen molar-refractivity contribution in [1.29, 1.82) is 0 Å². The van der Waals surface area contributed by atoms with Crippen LogP contribution in [-0.2, 0) is 18.3 Å². The number of nitrogens with zero attached hydrogens (tertiary/aromatic N) is 4. The number of aryl methyl sites for hydroxylation is 3. The Bertz CT molecular complexity index is 656. The van der Waals surface area contributed by atoms with Gasteiger partial charge in [0, 0.05) is 24.4 Å². The van der Waals surface area contributed by atoms with Gasteiger partial charge in [-0.05, 0) is 26.3 Å². The van der Waals surface area contributed by atoms with Crippen molar-refractivity contribution in [2.24, 2.45) is 7.05 Å². The highest BCUT2D eigenvalue weighted by atomic mass is 32.1. The third kappa shape index (κ3) is 3.11. The van der Waals surface area contributed by atoms with Gasteiger partial charge in [0.15, 0.2) is 0 Å². The smallest absolute Gasteiger partial charge is 0.250 e. The minimum absolute atomic E-state index is 0.216. The van der Waals surface area contributed by atoms with E-state index in [2.05, 4.69) is 20.6 Å². The Hall–Kier alpha value is -2.02. The van der Waals surface area contributed by atoms with E-state index in [0.29, 0.717) is 5.13 Å². The molecule has 0 spiro atoms. The Kier molecular flexibility index (Phi) is 4.29. The topological polar surface area (TPSA) is 72.7 Å². The predicted octanol–water partition coefficient (Wildman–Crippen LogP) is 2.10. The van der Waals surface area contributed by atoms with Gasteiger partial charge in [-0.25, -0.2) is 0 Å². The lowest BCUT2D eigenvalue weighted by molar-refractivity contribution is -0.111. The third-order valence-corrected chi connectivity index (χ3v) is 3.95. The van der Waals surface area contributed by atoms with E-state index in [1.54, 1.807) is 10.8 Å². The monoisotopic (exact) mass is 291 g/mol. The molecule has 1 amide bonds. The van der Waals surface area contributed by atoms with Crippen LogP contribution in [0.15, 0.2) is 6.08 Å². The molecule has 0 radical (unpaired) electrons. The minimum Gasteiger partial charge on any atom is -0.297 e. The van der Waals surface area contributed by atoms with E-state index in [-0.39, 0.29) is 5.91 Å². The molecule has 0 unspecified atom stereocenters. The van der Waals surface area contributed by atoms with E-state index in [1.165, 1.54) is 17.4 Å². The SMILES string of the molecule is CCc1nnc(NC(=O)C=Cc2c(C)nn(C)c2C)s1. The van der Waals surface area contributed by atoms with Crippen molar-refractivity contribution in [3.05, 3.63) is 28.0 Å². The molecule has 0 aliphatic carbocycles. The van der Waals surface area contributed by atoms with Crippen LogP contribution >= 0.6 is 11.3 Å². The molecule has 0 atom stereocenters. The van der Waals surface area contributed by atoms with E-state index in [1.807, 2.05) is 27.8 Å². The number of rotatable bonds is 4. The Morgan fingerprint density at radius 3 is 2.70 bits per heavy atom. The van der Waals surface area contributed by atoms with Gasteiger partial charge in [-0.1, -0.05) is 18.3 Å². The van der Waals surface area contributed by atoms with Gasteiger partial charge < -0.3 is 0 Å². The maximum absolute atomic E-state index is 11.8. The van der Waals surface area contributed by atoms with E-state index in [0.717, 1.165) is 28.4 Å². The van der Waals surface area contributed by atoms with Crippen molar-refractivity contribution in [1.82, 2.24) is 20.0 Å². The summed E-state index contributed by atoms with van der Waals surface area (Å²) in [6.45, 7) is 5.89. The summed E-state index contributed by atoms with van der Waals surface area (Å²) in [5.74, 6) is -0.216. The van der Waals surface area contributed by atoms with Crippen LogP contribution in [0.1, 0.15) is 28.9 Å². The highest BCUT2D eigenvalue weighted by molar-refractivity contribution is 7.15. The van der Waals surface area contributed by atoms with Crippen molar-refractivity contribution in [2.45, 2.75) is 27.2 Å². The zero-order chi connectivity index (χ0) is 14.7. The Morgan fingerprint density at radius 2 is 2.15 bits per heavy atom. The quantitative estimate of drug-likeness (QED) is 0.876. The number of anilines is 1. The number of hydrogen-bond acceptors (Lipinski definition) is 5. The van der Waals surface area contributed by atoms with Crippen LogP contribution in [0.25, 0.3) is 6.08 Å². The summed E-state index contributed by atoms with van der Waals surface area (Å²) in [6.07, 6.45) is 4.08. The van der Waals surface area contributed by atoms with Crippen LogP contribution in [0.4, 0.5) is 5.13 Å². The maximum atomic E-state index is 11.8. The molecular formula is C13H17N5OS. The Balaban J connectivity index is 2.05. The maximum Gasteiger partial charge on any atom is 0.250 e. The van der Waals surface area contributed by atoms with E-state index in [4.69, 9.17) is 0 Å². The molecule has 2 rings (SSSR count). The van der Waals surface area contributed by atoms with Gasteiger partial charge in [-0.2, -0.15) is 5.10 Å². The first-order chi connectivity index (χ1) is 9.51. The second-order valence-electron chi connectivity index (χ2n) is 4.39. The number of aromatic nitrogens is 4. The predicted molar refractivity (Wildman–Crippen MR) is 79.6 cm³/mol. The van der Waals surface area contributed by atoms with Crippen molar-refractivity contribution in [2.75, 3.05) is 5.32 Å². The van der Waals surface area contributed by atoms with Gasteiger partial charge in [0.1, 0.15) is 5.01 Å². The lowest BCUT2D eigenvalue weighted by atomic mass is 10.2. The Labute approximate surface area is 121 Å². The highest BCUT2D eigenvalue weighted by Crippen LogP contribution is 2.16. The standard InChI is InChI=1S/C13H17N5OS/c1-5-12-15-16-13(20-12)14-11(19)7-6-10-8(2)17-18(4)9(10)3/h6-7H,5H2,1-4H3,(H,14,16,19). The number of nitrogens with one attached hydrogen (secondary N) is 1. The van der Waals surface area contributed by atoms with Crippen LogP contribution in [-0.4, -0.2) is 25.9 Å².